The summed E-state index contributed by atoms with van der Waals surface area (Å²) < 4.78 is 0. The first kappa shape index (κ1) is 17.2. The normalized spacial score (nSPS) is 14.1. The van der Waals surface area contributed by atoms with Crippen molar-refractivity contribution in [3.63, 3.8) is 0 Å². The second kappa shape index (κ2) is 7.25. The number of ketones is 1. The number of urea groups is 1. The van der Waals surface area contributed by atoms with Crippen LogP contribution in [-0.4, -0.2) is 17.9 Å². The van der Waals surface area contributed by atoms with Gasteiger partial charge in [0.25, 0.3) is 0 Å². The maximum atomic E-state index is 12.1. The molecule has 1 aromatic carbocycles. The molecule has 0 radical (unpaired) electrons. The molecular weight excluding hydrogens is 264 g/mol. The smallest absolute Gasteiger partial charge is 0.315 e. The Hall–Kier alpha value is -1.84. The molecule has 0 aliphatic carbocycles. The third kappa shape index (κ3) is 5.21. The number of carbonyl (C=O) groups excluding carboxylic acids is 2. The average molecular weight is 290 g/mol. The Kier molecular flexibility index (Phi) is 5.94. The molecule has 21 heavy (non-hydrogen) atoms. The van der Waals surface area contributed by atoms with E-state index in [1.165, 1.54) is 0 Å². The highest BCUT2D eigenvalue weighted by molar-refractivity contribution is 5.89. The van der Waals surface area contributed by atoms with Crippen LogP contribution in [0, 0.1) is 5.41 Å². The minimum absolute atomic E-state index is 0.0463. The fraction of sp³-hybridized carbons (Fsp3) is 0.529. The summed E-state index contributed by atoms with van der Waals surface area (Å²) in [6.45, 7) is 9.58. The number of rotatable bonds is 5. The van der Waals surface area contributed by atoms with Crippen molar-refractivity contribution >= 4 is 11.8 Å². The van der Waals surface area contributed by atoms with Crippen LogP contribution >= 0.6 is 0 Å². The van der Waals surface area contributed by atoms with Crippen LogP contribution in [-0.2, 0) is 4.79 Å². The van der Waals surface area contributed by atoms with Crippen LogP contribution in [0.3, 0.4) is 0 Å². The molecule has 116 valence electrons. The van der Waals surface area contributed by atoms with E-state index in [1.807, 2.05) is 65.0 Å². The van der Waals surface area contributed by atoms with Crippen LogP contribution in [0.4, 0.5) is 4.79 Å². The molecule has 4 heteroatoms. The van der Waals surface area contributed by atoms with Crippen molar-refractivity contribution in [3.8, 4) is 0 Å². The van der Waals surface area contributed by atoms with Crippen molar-refractivity contribution in [2.75, 3.05) is 0 Å². The van der Waals surface area contributed by atoms with E-state index in [2.05, 4.69) is 10.6 Å². The van der Waals surface area contributed by atoms with E-state index in [-0.39, 0.29) is 23.3 Å². The van der Waals surface area contributed by atoms with Gasteiger partial charge in [-0.3, -0.25) is 4.79 Å². The number of amides is 2. The molecule has 0 saturated carbocycles. The Morgan fingerprint density at radius 2 is 1.67 bits per heavy atom. The lowest BCUT2D eigenvalue weighted by atomic mass is 9.83. The van der Waals surface area contributed by atoms with Gasteiger partial charge in [0, 0.05) is 6.42 Å². The highest BCUT2D eigenvalue weighted by atomic mass is 16.2. The summed E-state index contributed by atoms with van der Waals surface area (Å²) in [6.07, 6.45) is 0.413. The summed E-state index contributed by atoms with van der Waals surface area (Å²) in [5.74, 6) is 0.0463. The monoisotopic (exact) mass is 290 g/mol. The Balaban J connectivity index is 2.69. The molecule has 0 saturated heterocycles. The third-order valence-corrected chi connectivity index (χ3v) is 3.46. The maximum Gasteiger partial charge on any atom is 0.315 e. The maximum absolute atomic E-state index is 12.1. The minimum atomic E-state index is -0.481. The van der Waals surface area contributed by atoms with Gasteiger partial charge in [0.1, 0.15) is 0 Å². The highest BCUT2D eigenvalue weighted by Gasteiger charge is 2.31. The predicted molar refractivity (Wildman–Crippen MR) is 85.1 cm³/mol. The van der Waals surface area contributed by atoms with E-state index in [4.69, 9.17) is 0 Å². The quantitative estimate of drug-likeness (QED) is 0.872. The Labute approximate surface area is 127 Å². The average Bonchev–Trinajstić information content (AvgIpc) is 2.43. The number of Topliss-reactive ketones (excluding diaryl/α,β-unsaturated/α-hetero) is 1. The highest BCUT2D eigenvalue weighted by Crippen LogP contribution is 2.21. The predicted octanol–water partition coefficient (Wildman–Crippen LogP) is 3.44. The molecule has 2 N–H and O–H groups in total. The van der Waals surface area contributed by atoms with E-state index < -0.39 is 6.04 Å². The summed E-state index contributed by atoms with van der Waals surface area (Å²) in [5.41, 5.74) is 0.724. The van der Waals surface area contributed by atoms with Gasteiger partial charge >= 0.3 is 6.03 Å². The Morgan fingerprint density at radius 1 is 1.10 bits per heavy atom. The lowest BCUT2D eigenvalue weighted by Crippen LogP contribution is -2.52. The Bertz CT molecular complexity index is 477. The van der Waals surface area contributed by atoms with Gasteiger partial charge in [0.2, 0.25) is 0 Å². The standard InChI is InChI=1S/C17H26N2O2/c1-6-14(20)15(17(3,4)5)19-16(21)18-12(2)13-10-8-7-9-11-13/h7-12,15H,6H2,1-5H3,(H2,18,19,21). The zero-order valence-corrected chi connectivity index (χ0v) is 13.6. The number of nitrogens with one attached hydrogen (secondary N) is 2. The molecule has 1 aromatic rings. The van der Waals surface area contributed by atoms with Crippen LogP contribution in [0.25, 0.3) is 0 Å². The molecule has 0 spiro atoms. The molecule has 2 atom stereocenters. The van der Waals surface area contributed by atoms with Crippen LogP contribution in [0.1, 0.15) is 52.6 Å². The van der Waals surface area contributed by atoms with Crippen molar-refractivity contribution in [1.29, 1.82) is 0 Å². The van der Waals surface area contributed by atoms with Crippen molar-refractivity contribution in [1.82, 2.24) is 10.6 Å². The first-order chi connectivity index (χ1) is 9.75. The van der Waals surface area contributed by atoms with Gasteiger partial charge in [0.15, 0.2) is 5.78 Å². The molecular formula is C17H26N2O2. The van der Waals surface area contributed by atoms with Crippen molar-refractivity contribution in [2.45, 2.75) is 53.1 Å². The topological polar surface area (TPSA) is 58.2 Å². The Morgan fingerprint density at radius 3 is 2.14 bits per heavy atom. The number of hydrogen-bond acceptors (Lipinski definition) is 2. The summed E-state index contributed by atoms with van der Waals surface area (Å²) in [4.78, 5) is 24.1. The summed E-state index contributed by atoms with van der Waals surface area (Å²) in [6, 6.07) is 8.83. The van der Waals surface area contributed by atoms with Gasteiger partial charge < -0.3 is 10.6 Å². The van der Waals surface area contributed by atoms with E-state index in [1.54, 1.807) is 0 Å². The molecule has 0 bridgehead atoms. The third-order valence-electron chi connectivity index (χ3n) is 3.46. The second-order valence-electron chi connectivity index (χ2n) is 6.37. The molecule has 0 aromatic heterocycles. The molecule has 0 heterocycles. The first-order valence-electron chi connectivity index (χ1n) is 7.40. The van der Waals surface area contributed by atoms with E-state index in [9.17, 15) is 9.59 Å². The molecule has 2 unspecified atom stereocenters. The van der Waals surface area contributed by atoms with Crippen LogP contribution in [0.2, 0.25) is 0 Å². The van der Waals surface area contributed by atoms with Gasteiger partial charge in [-0.05, 0) is 17.9 Å². The lowest BCUT2D eigenvalue weighted by Gasteiger charge is -2.30. The summed E-state index contributed by atoms with van der Waals surface area (Å²) in [5, 5.41) is 5.68. The molecule has 4 nitrogen and oxygen atoms in total. The SMILES string of the molecule is CCC(=O)C(NC(=O)NC(C)c1ccccc1)C(C)(C)C. The summed E-state index contributed by atoms with van der Waals surface area (Å²) in [7, 11) is 0. The number of benzene rings is 1. The fourth-order valence-corrected chi connectivity index (χ4v) is 2.18. The van der Waals surface area contributed by atoms with E-state index in [0.29, 0.717) is 6.42 Å². The first-order valence-corrected chi connectivity index (χ1v) is 7.40. The molecule has 2 amide bonds. The van der Waals surface area contributed by atoms with Crippen molar-refractivity contribution in [3.05, 3.63) is 35.9 Å². The number of carbonyl (C=O) groups is 2. The van der Waals surface area contributed by atoms with Gasteiger partial charge in [-0.1, -0.05) is 58.0 Å². The van der Waals surface area contributed by atoms with E-state index >= 15 is 0 Å². The van der Waals surface area contributed by atoms with Crippen molar-refractivity contribution < 1.29 is 9.59 Å². The van der Waals surface area contributed by atoms with Gasteiger partial charge in [-0.2, -0.15) is 0 Å². The molecule has 0 aliphatic heterocycles. The molecule has 1 rings (SSSR count). The van der Waals surface area contributed by atoms with Crippen LogP contribution < -0.4 is 10.6 Å². The van der Waals surface area contributed by atoms with Crippen LogP contribution in [0.5, 0.6) is 0 Å². The van der Waals surface area contributed by atoms with Gasteiger partial charge in [-0.15, -0.1) is 0 Å². The lowest BCUT2D eigenvalue weighted by molar-refractivity contribution is -0.122. The molecule has 0 aliphatic rings. The molecule has 0 fully saturated rings. The minimum Gasteiger partial charge on any atom is -0.332 e. The zero-order chi connectivity index (χ0) is 16.0. The second-order valence-corrected chi connectivity index (χ2v) is 6.37. The van der Waals surface area contributed by atoms with Crippen molar-refractivity contribution in [2.24, 2.45) is 5.41 Å². The largest absolute Gasteiger partial charge is 0.332 e. The summed E-state index contributed by atoms with van der Waals surface area (Å²) >= 11 is 0. The van der Waals surface area contributed by atoms with Gasteiger partial charge in [-0.25, -0.2) is 4.79 Å². The van der Waals surface area contributed by atoms with Crippen LogP contribution in [0.15, 0.2) is 30.3 Å². The number of hydrogen-bond donors (Lipinski definition) is 2. The zero-order valence-electron chi connectivity index (χ0n) is 13.6. The fourth-order valence-electron chi connectivity index (χ4n) is 2.18. The van der Waals surface area contributed by atoms with Gasteiger partial charge in [0.05, 0.1) is 12.1 Å². The van der Waals surface area contributed by atoms with E-state index in [0.717, 1.165) is 5.56 Å².